The summed E-state index contributed by atoms with van der Waals surface area (Å²) in [5, 5.41) is 5.88. The molecule has 0 unspecified atom stereocenters. The van der Waals surface area contributed by atoms with Crippen molar-refractivity contribution in [3.63, 3.8) is 0 Å². The Kier molecular flexibility index (Phi) is 7.96. The summed E-state index contributed by atoms with van der Waals surface area (Å²) in [7, 11) is 0. The molecule has 32 heavy (non-hydrogen) atoms. The summed E-state index contributed by atoms with van der Waals surface area (Å²) in [4.78, 5) is 21.6. The highest BCUT2D eigenvalue weighted by atomic mass is 16.5. The molecule has 3 heterocycles. The number of pyridine rings is 1. The number of aromatic nitrogens is 1. The minimum Gasteiger partial charge on any atom is -0.379 e. The standard InChI is InChI=1S/C25H35N5O2/c1-20-7-9-30(10-8-20)24-6-5-23(17-26-24)18-28-25(31)27-16-21-3-2-4-22(15-21)19-29-11-13-32-14-12-29/h2-6,15,17,20H,7-14,16,18-19H2,1H3,(H2,27,28,31). The molecular formula is C25H35N5O2. The van der Waals surface area contributed by atoms with Gasteiger partial charge in [0.05, 0.1) is 13.2 Å². The number of amides is 2. The Morgan fingerprint density at radius 2 is 1.72 bits per heavy atom. The van der Waals surface area contributed by atoms with Crippen LogP contribution in [0.5, 0.6) is 0 Å². The molecule has 1 aromatic heterocycles. The summed E-state index contributed by atoms with van der Waals surface area (Å²) in [6.45, 7) is 9.89. The van der Waals surface area contributed by atoms with Crippen LogP contribution >= 0.6 is 0 Å². The van der Waals surface area contributed by atoms with Crippen LogP contribution in [0.25, 0.3) is 0 Å². The second kappa shape index (κ2) is 11.3. The van der Waals surface area contributed by atoms with Crippen LogP contribution in [0.4, 0.5) is 10.6 Å². The van der Waals surface area contributed by atoms with Gasteiger partial charge in [-0.1, -0.05) is 37.3 Å². The molecule has 4 rings (SSSR count). The molecule has 2 aliphatic heterocycles. The van der Waals surface area contributed by atoms with Crippen molar-refractivity contribution in [2.24, 2.45) is 5.92 Å². The van der Waals surface area contributed by atoms with Gasteiger partial charge in [0.1, 0.15) is 5.82 Å². The van der Waals surface area contributed by atoms with E-state index in [2.05, 4.69) is 62.7 Å². The molecule has 7 nitrogen and oxygen atoms in total. The summed E-state index contributed by atoms with van der Waals surface area (Å²) in [5.41, 5.74) is 3.37. The number of carbonyl (C=O) groups is 1. The van der Waals surface area contributed by atoms with Crippen LogP contribution in [-0.4, -0.2) is 55.3 Å². The monoisotopic (exact) mass is 437 g/mol. The van der Waals surface area contributed by atoms with Crippen molar-refractivity contribution < 1.29 is 9.53 Å². The number of piperidine rings is 1. The average Bonchev–Trinajstić information content (AvgIpc) is 2.83. The second-order valence-corrected chi connectivity index (χ2v) is 8.94. The molecular weight excluding hydrogens is 402 g/mol. The number of nitrogens with zero attached hydrogens (tertiary/aromatic N) is 3. The number of hydrogen-bond donors (Lipinski definition) is 2. The number of hydrogen-bond acceptors (Lipinski definition) is 5. The molecule has 0 spiro atoms. The van der Waals surface area contributed by atoms with Gasteiger partial charge in [-0.2, -0.15) is 0 Å². The van der Waals surface area contributed by atoms with E-state index in [1.54, 1.807) is 0 Å². The molecule has 0 bridgehead atoms. The predicted octanol–water partition coefficient (Wildman–Crippen LogP) is 3.15. The zero-order chi connectivity index (χ0) is 22.2. The van der Waals surface area contributed by atoms with Gasteiger partial charge in [0, 0.05) is 52.0 Å². The lowest BCUT2D eigenvalue weighted by atomic mass is 9.99. The van der Waals surface area contributed by atoms with Gasteiger partial charge in [0.25, 0.3) is 0 Å². The fourth-order valence-electron chi connectivity index (χ4n) is 4.23. The van der Waals surface area contributed by atoms with Gasteiger partial charge in [0.2, 0.25) is 0 Å². The summed E-state index contributed by atoms with van der Waals surface area (Å²) in [6.07, 6.45) is 4.31. The molecule has 172 valence electrons. The lowest BCUT2D eigenvalue weighted by Gasteiger charge is -2.31. The highest BCUT2D eigenvalue weighted by molar-refractivity contribution is 5.73. The van der Waals surface area contributed by atoms with E-state index in [9.17, 15) is 4.79 Å². The normalized spacial score (nSPS) is 17.8. The Hall–Kier alpha value is -2.64. The Morgan fingerprint density at radius 3 is 2.44 bits per heavy atom. The predicted molar refractivity (Wildman–Crippen MR) is 126 cm³/mol. The third-order valence-corrected chi connectivity index (χ3v) is 6.32. The van der Waals surface area contributed by atoms with E-state index in [0.717, 1.165) is 68.8 Å². The highest BCUT2D eigenvalue weighted by Crippen LogP contribution is 2.21. The summed E-state index contributed by atoms with van der Waals surface area (Å²) in [5.74, 6) is 1.84. The molecule has 2 aromatic rings. The minimum atomic E-state index is -0.169. The number of benzene rings is 1. The van der Waals surface area contributed by atoms with E-state index in [0.29, 0.717) is 13.1 Å². The lowest BCUT2D eigenvalue weighted by molar-refractivity contribution is 0.0342. The summed E-state index contributed by atoms with van der Waals surface area (Å²) < 4.78 is 5.42. The van der Waals surface area contributed by atoms with Crippen molar-refractivity contribution >= 4 is 11.8 Å². The first-order chi connectivity index (χ1) is 15.7. The molecule has 2 aliphatic rings. The number of rotatable bonds is 7. The fraction of sp³-hybridized carbons (Fsp3) is 0.520. The van der Waals surface area contributed by atoms with Crippen LogP contribution in [0.15, 0.2) is 42.6 Å². The molecule has 0 saturated carbocycles. The van der Waals surface area contributed by atoms with Gasteiger partial charge < -0.3 is 20.3 Å². The SMILES string of the molecule is CC1CCN(c2ccc(CNC(=O)NCc3cccc(CN4CCOCC4)c3)cn2)CC1. The summed E-state index contributed by atoms with van der Waals surface area (Å²) in [6, 6.07) is 12.4. The van der Waals surface area contributed by atoms with Crippen LogP contribution in [0, 0.1) is 5.92 Å². The van der Waals surface area contributed by atoms with Crippen LogP contribution in [0.3, 0.4) is 0 Å². The van der Waals surface area contributed by atoms with Gasteiger partial charge in [-0.25, -0.2) is 9.78 Å². The molecule has 0 aliphatic carbocycles. The number of morpholine rings is 1. The molecule has 2 fully saturated rings. The Labute approximate surface area is 191 Å². The van der Waals surface area contributed by atoms with Crippen molar-refractivity contribution in [2.45, 2.75) is 39.4 Å². The van der Waals surface area contributed by atoms with E-state index < -0.39 is 0 Å². The molecule has 0 radical (unpaired) electrons. The zero-order valence-corrected chi connectivity index (χ0v) is 19.1. The van der Waals surface area contributed by atoms with Crippen molar-refractivity contribution in [3.05, 3.63) is 59.3 Å². The molecule has 2 N–H and O–H groups in total. The number of urea groups is 1. The highest BCUT2D eigenvalue weighted by Gasteiger charge is 2.16. The maximum absolute atomic E-state index is 12.3. The summed E-state index contributed by atoms with van der Waals surface area (Å²) >= 11 is 0. The lowest BCUT2D eigenvalue weighted by Crippen LogP contribution is -2.36. The third kappa shape index (κ3) is 6.68. The number of carbonyl (C=O) groups excluding carboxylic acids is 1. The first-order valence-corrected chi connectivity index (χ1v) is 11.8. The number of nitrogens with one attached hydrogen (secondary N) is 2. The van der Waals surface area contributed by atoms with E-state index in [4.69, 9.17) is 4.74 Å². The molecule has 2 amide bonds. The van der Waals surface area contributed by atoms with Crippen molar-refractivity contribution in [2.75, 3.05) is 44.3 Å². The van der Waals surface area contributed by atoms with Gasteiger partial charge in [0.15, 0.2) is 0 Å². The molecule has 0 atom stereocenters. The van der Waals surface area contributed by atoms with Gasteiger partial charge in [-0.15, -0.1) is 0 Å². The molecule has 7 heteroatoms. The Bertz CT molecular complexity index is 859. The first-order valence-electron chi connectivity index (χ1n) is 11.8. The van der Waals surface area contributed by atoms with E-state index in [1.165, 1.54) is 18.4 Å². The number of ether oxygens (including phenoxy) is 1. The topological polar surface area (TPSA) is 69.7 Å². The van der Waals surface area contributed by atoms with E-state index in [1.807, 2.05) is 12.3 Å². The smallest absolute Gasteiger partial charge is 0.315 e. The number of anilines is 1. The van der Waals surface area contributed by atoms with Crippen LogP contribution in [-0.2, 0) is 24.4 Å². The van der Waals surface area contributed by atoms with Crippen molar-refractivity contribution in [1.29, 1.82) is 0 Å². The quantitative estimate of drug-likeness (QED) is 0.696. The van der Waals surface area contributed by atoms with Crippen molar-refractivity contribution in [3.8, 4) is 0 Å². The first kappa shape index (κ1) is 22.6. The van der Waals surface area contributed by atoms with Gasteiger partial charge in [-0.3, -0.25) is 4.90 Å². The van der Waals surface area contributed by atoms with E-state index >= 15 is 0 Å². The second-order valence-electron chi connectivity index (χ2n) is 8.94. The van der Waals surface area contributed by atoms with E-state index in [-0.39, 0.29) is 6.03 Å². The Balaban J connectivity index is 1.19. The maximum atomic E-state index is 12.3. The van der Waals surface area contributed by atoms with Crippen LogP contribution in [0.2, 0.25) is 0 Å². The van der Waals surface area contributed by atoms with Gasteiger partial charge >= 0.3 is 6.03 Å². The maximum Gasteiger partial charge on any atom is 0.315 e. The molecule has 2 saturated heterocycles. The Morgan fingerprint density at radius 1 is 1.00 bits per heavy atom. The van der Waals surface area contributed by atoms with Crippen LogP contribution < -0.4 is 15.5 Å². The zero-order valence-electron chi connectivity index (χ0n) is 19.1. The third-order valence-electron chi connectivity index (χ3n) is 6.32. The molecule has 1 aromatic carbocycles. The minimum absolute atomic E-state index is 0.169. The van der Waals surface area contributed by atoms with Crippen LogP contribution in [0.1, 0.15) is 36.5 Å². The van der Waals surface area contributed by atoms with Gasteiger partial charge in [-0.05, 0) is 41.5 Å². The average molecular weight is 438 g/mol. The van der Waals surface area contributed by atoms with Crippen molar-refractivity contribution in [1.82, 2.24) is 20.5 Å². The fourth-order valence-corrected chi connectivity index (χ4v) is 4.23. The largest absolute Gasteiger partial charge is 0.379 e.